The zero-order chi connectivity index (χ0) is 13.9. The Labute approximate surface area is 119 Å². The molecule has 20 heavy (non-hydrogen) atoms. The van der Waals surface area contributed by atoms with Crippen molar-refractivity contribution in [3.05, 3.63) is 48.0 Å². The van der Waals surface area contributed by atoms with Gasteiger partial charge in [-0.05, 0) is 18.2 Å². The van der Waals surface area contributed by atoms with E-state index in [1.54, 1.807) is 35.4 Å². The molecule has 2 heterocycles. The maximum atomic E-state index is 5.92. The second kappa shape index (κ2) is 5.14. The first-order valence-electron chi connectivity index (χ1n) is 5.73. The lowest BCUT2D eigenvalue weighted by Gasteiger charge is -2.07. The summed E-state index contributed by atoms with van der Waals surface area (Å²) in [7, 11) is 0. The van der Waals surface area contributed by atoms with Gasteiger partial charge in [0.2, 0.25) is 17.8 Å². The fourth-order valence-electron chi connectivity index (χ4n) is 1.62. The second-order valence-corrected chi connectivity index (χ2v) is 4.36. The molecule has 2 aromatic heterocycles. The number of nitrogen functional groups attached to an aromatic ring is 1. The zero-order valence-corrected chi connectivity index (χ0v) is 11.0. The van der Waals surface area contributed by atoms with E-state index in [-0.39, 0.29) is 5.95 Å². The smallest absolute Gasteiger partial charge is 0.241 e. The Morgan fingerprint density at radius 1 is 1.20 bits per heavy atom. The number of hydrogen-bond acceptors (Lipinski definition) is 6. The lowest BCUT2D eigenvalue weighted by atomic mass is 10.3. The van der Waals surface area contributed by atoms with Crippen LogP contribution in [0.3, 0.4) is 0 Å². The number of nitrogens with one attached hydrogen (secondary N) is 1. The Morgan fingerprint density at radius 3 is 2.85 bits per heavy atom. The first kappa shape index (κ1) is 12.4. The summed E-state index contributed by atoms with van der Waals surface area (Å²) in [5, 5.41) is 3.64. The SMILES string of the molecule is Nc1nc(Nc2cccc(Cl)c2)nc(-n2ccnc2)n1. The highest BCUT2D eigenvalue weighted by Gasteiger charge is 2.06. The van der Waals surface area contributed by atoms with Crippen molar-refractivity contribution < 1.29 is 0 Å². The topological polar surface area (TPSA) is 94.5 Å². The second-order valence-electron chi connectivity index (χ2n) is 3.92. The predicted octanol–water partition coefficient (Wildman–Crippen LogP) is 2.04. The summed E-state index contributed by atoms with van der Waals surface area (Å²) in [5.74, 6) is 0.844. The molecular weight excluding hydrogens is 278 g/mol. The summed E-state index contributed by atoms with van der Waals surface area (Å²) in [6.45, 7) is 0. The molecule has 0 fully saturated rings. The van der Waals surface area contributed by atoms with Crippen LogP contribution in [0.1, 0.15) is 0 Å². The quantitative estimate of drug-likeness (QED) is 0.765. The van der Waals surface area contributed by atoms with E-state index in [0.717, 1.165) is 5.69 Å². The van der Waals surface area contributed by atoms with Crippen molar-refractivity contribution in [2.24, 2.45) is 0 Å². The number of halogens is 1. The van der Waals surface area contributed by atoms with Crippen LogP contribution in [0.25, 0.3) is 5.95 Å². The molecule has 0 aliphatic carbocycles. The van der Waals surface area contributed by atoms with Gasteiger partial charge in [-0.25, -0.2) is 4.98 Å². The molecule has 0 unspecified atom stereocenters. The normalized spacial score (nSPS) is 10.4. The van der Waals surface area contributed by atoms with Crippen molar-refractivity contribution in [2.45, 2.75) is 0 Å². The Balaban J connectivity index is 1.94. The lowest BCUT2D eigenvalue weighted by molar-refractivity contribution is 0.906. The van der Waals surface area contributed by atoms with Crippen LogP contribution in [0.2, 0.25) is 5.02 Å². The van der Waals surface area contributed by atoms with Crippen LogP contribution in [-0.2, 0) is 0 Å². The monoisotopic (exact) mass is 287 g/mol. The molecule has 0 saturated heterocycles. The highest BCUT2D eigenvalue weighted by Crippen LogP contribution is 2.18. The Bertz CT molecular complexity index is 726. The zero-order valence-electron chi connectivity index (χ0n) is 10.2. The highest BCUT2D eigenvalue weighted by atomic mass is 35.5. The van der Waals surface area contributed by atoms with Gasteiger partial charge in [-0.15, -0.1) is 0 Å². The van der Waals surface area contributed by atoms with Crippen molar-refractivity contribution in [2.75, 3.05) is 11.1 Å². The van der Waals surface area contributed by atoms with Gasteiger partial charge in [0.25, 0.3) is 0 Å². The van der Waals surface area contributed by atoms with Crippen molar-refractivity contribution >= 4 is 29.2 Å². The number of imidazole rings is 1. The van der Waals surface area contributed by atoms with Crippen LogP contribution < -0.4 is 11.1 Å². The maximum Gasteiger partial charge on any atom is 0.241 e. The number of benzene rings is 1. The third-order valence-corrected chi connectivity index (χ3v) is 2.69. The van der Waals surface area contributed by atoms with E-state index in [2.05, 4.69) is 25.3 Å². The molecule has 0 aliphatic rings. The van der Waals surface area contributed by atoms with E-state index in [1.807, 2.05) is 12.1 Å². The van der Waals surface area contributed by atoms with Gasteiger partial charge in [-0.3, -0.25) is 4.57 Å². The summed E-state index contributed by atoms with van der Waals surface area (Å²) >= 11 is 5.92. The molecule has 3 aromatic rings. The van der Waals surface area contributed by atoms with Crippen LogP contribution in [0, 0.1) is 0 Å². The number of nitrogens with two attached hydrogens (primary N) is 1. The van der Waals surface area contributed by atoms with Crippen LogP contribution in [-0.4, -0.2) is 24.5 Å². The summed E-state index contributed by atoms with van der Waals surface area (Å²) in [6, 6.07) is 7.22. The molecule has 3 rings (SSSR count). The third kappa shape index (κ3) is 2.67. The molecule has 0 spiro atoms. The van der Waals surface area contributed by atoms with Crippen molar-refractivity contribution in [1.29, 1.82) is 0 Å². The van der Waals surface area contributed by atoms with E-state index in [9.17, 15) is 0 Å². The number of anilines is 3. The molecule has 1 aromatic carbocycles. The van der Waals surface area contributed by atoms with E-state index >= 15 is 0 Å². The molecular formula is C12H10ClN7. The largest absolute Gasteiger partial charge is 0.368 e. The predicted molar refractivity (Wildman–Crippen MR) is 76.1 cm³/mol. The fourth-order valence-corrected chi connectivity index (χ4v) is 1.82. The van der Waals surface area contributed by atoms with Crippen LogP contribution in [0.4, 0.5) is 17.6 Å². The minimum Gasteiger partial charge on any atom is -0.368 e. The molecule has 0 bridgehead atoms. The molecule has 0 aliphatic heterocycles. The molecule has 0 amide bonds. The fraction of sp³-hybridized carbons (Fsp3) is 0. The number of nitrogens with zero attached hydrogens (tertiary/aromatic N) is 5. The first-order valence-corrected chi connectivity index (χ1v) is 6.11. The van der Waals surface area contributed by atoms with Crippen LogP contribution in [0.5, 0.6) is 0 Å². The van der Waals surface area contributed by atoms with E-state index in [1.165, 1.54) is 0 Å². The van der Waals surface area contributed by atoms with Crippen molar-refractivity contribution in [3.8, 4) is 5.95 Å². The standard InChI is InChI=1S/C12H10ClN7/c13-8-2-1-3-9(6-8)16-11-17-10(14)18-12(19-11)20-5-4-15-7-20/h1-7H,(H3,14,16,17,18,19). The molecule has 0 saturated carbocycles. The Hall–Kier alpha value is -2.67. The molecule has 8 heteroatoms. The van der Waals surface area contributed by atoms with Crippen molar-refractivity contribution in [1.82, 2.24) is 24.5 Å². The van der Waals surface area contributed by atoms with Gasteiger partial charge < -0.3 is 11.1 Å². The molecule has 100 valence electrons. The minimum atomic E-state index is 0.119. The average molecular weight is 288 g/mol. The van der Waals surface area contributed by atoms with Gasteiger partial charge in [0.1, 0.15) is 6.33 Å². The Morgan fingerprint density at radius 2 is 2.10 bits per heavy atom. The van der Waals surface area contributed by atoms with Gasteiger partial charge >= 0.3 is 0 Å². The van der Waals surface area contributed by atoms with E-state index in [0.29, 0.717) is 16.9 Å². The summed E-state index contributed by atoms with van der Waals surface area (Å²) < 4.78 is 1.64. The molecule has 7 nitrogen and oxygen atoms in total. The number of hydrogen-bond donors (Lipinski definition) is 2. The van der Waals surface area contributed by atoms with Crippen LogP contribution in [0.15, 0.2) is 43.0 Å². The maximum absolute atomic E-state index is 5.92. The van der Waals surface area contributed by atoms with Gasteiger partial charge in [0.05, 0.1) is 0 Å². The van der Waals surface area contributed by atoms with Gasteiger partial charge in [-0.2, -0.15) is 15.0 Å². The summed E-state index contributed by atoms with van der Waals surface area (Å²) in [4.78, 5) is 16.3. The molecule has 0 radical (unpaired) electrons. The minimum absolute atomic E-state index is 0.119. The van der Waals surface area contributed by atoms with Gasteiger partial charge in [0, 0.05) is 23.1 Å². The van der Waals surface area contributed by atoms with Gasteiger partial charge in [-0.1, -0.05) is 17.7 Å². The van der Waals surface area contributed by atoms with Crippen molar-refractivity contribution in [3.63, 3.8) is 0 Å². The third-order valence-electron chi connectivity index (χ3n) is 2.46. The number of aromatic nitrogens is 5. The molecule has 3 N–H and O–H groups in total. The lowest BCUT2D eigenvalue weighted by Crippen LogP contribution is -2.08. The first-order chi connectivity index (χ1) is 9.70. The molecule has 0 atom stereocenters. The summed E-state index contributed by atoms with van der Waals surface area (Å²) in [5.41, 5.74) is 6.45. The Kier molecular flexibility index (Phi) is 3.18. The average Bonchev–Trinajstić information content (AvgIpc) is 2.91. The highest BCUT2D eigenvalue weighted by molar-refractivity contribution is 6.30. The number of rotatable bonds is 3. The van der Waals surface area contributed by atoms with Crippen LogP contribution >= 0.6 is 11.6 Å². The van der Waals surface area contributed by atoms with E-state index < -0.39 is 0 Å². The summed E-state index contributed by atoms with van der Waals surface area (Å²) in [6.07, 6.45) is 4.93. The van der Waals surface area contributed by atoms with Gasteiger partial charge in [0.15, 0.2) is 0 Å². The van der Waals surface area contributed by atoms with E-state index in [4.69, 9.17) is 17.3 Å².